The van der Waals surface area contributed by atoms with E-state index in [2.05, 4.69) is 32.7 Å². The molecule has 1 atom stereocenters. The molecular weight excluding hydrogens is 328 g/mol. The molecule has 1 aliphatic heterocycles. The van der Waals surface area contributed by atoms with Gasteiger partial charge in [-0.05, 0) is 54.9 Å². The second-order valence-electron chi connectivity index (χ2n) is 7.07. The Labute approximate surface area is 153 Å². The minimum atomic E-state index is -0.261. The third-order valence-corrected chi connectivity index (χ3v) is 5.49. The predicted octanol–water partition coefficient (Wildman–Crippen LogP) is 2.83. The Morgan fingerprint density at radius 3 is 2.77 bits per heavy atom. The zero-order valence-electron chi connectivity index (χ0n) is 15.0. The Bertz CT molecular complexity index is 787. The number of benzene rings is 1. The lowest BCUT2D eigenvalue weighted by Gasteiger charge is -2.33. The topological polar surface area (TPSA) is 76.1 Å². The predicted molar refractivity (Wildman–Crippen MR) is 98.2 cm³/mol. The van der Waals surface area contributed by atoms with Crippen LogP contribution in [0.2, 0.25) is 0 Å². The number of aryl methyl sites for hydroxylation is 1. The third kappa shape index (κ3) is 3.55. The van der Waals surface area contributed by atoms with Gasteiger partial charge >= 0.3 is 0 Å². The van der Waals surface area contributed by atoms with Crippen LogP contribution < -0.4 is 15.4 Å². The summed E-state index contributed by atoms with van der Waals surface area (Å²) in [4.78, 5) is 19.8. The van der Waals surface area contributed by atoms with Crippen LogP contribution in [0.3, 0.4) is 0 Å². The van der Waals surface area contributed by atoms with Crippen LogP contribution >= 0.6 is 0 Å². The normalized spacial score (nSPS) is 19.8. The zero-order valence-corrected chi connectivity index (χ0v) is 15.0. The number of aromatic nitrogens is 2. The fraction of sp³-hybridized carbons (Fsp3) is 0.450. The van der Waals surface area contributed by atoms with Crippen LogP contribution in [-0.2, 0) is 13.0 Å². The standard InChI is InChI=1S/C20H24N4O2/c1-21-20(25)18-11-24-19(12-23-18)26-16-7-5-15-10-22-17(13-3-2-4-13)8-6-14(15)9-16/h5,7,9,11-13,17,22H,2-4,6,8,10H2,1H3,(H,21,25). The number of hydrogen-bond acceptors (Lipinski definition) is 5. The van der Waals surface area contributed by atoms with Gasteiger partial charge in [-0.25, -0.2) is 9.97 Å². The molecule has 6 nitrogen and oxygen atoms in total. The molecule has 1 amide bonds. The number of fused-ring (bicyclic) bond motifs is 1. The Kier molecular flexibility index (Phi) is 4.84. The SMILES string of the molecule is CNC(=O)c1cnc(Oc2ccc3c(c2)CCC(C2CCC2)NC3)cn1. The molecule has 2 heterocycles. The molecule has 1 aromatic carbocycles. The first-order chi connectivity index (χ1) is 12.7. The fourth-order valence-electron chi connectivity index (χ4n) is 3.70. The van der Waals surface area contributed by atoms with Gasteiger partial charge in [-0.2, -0.15) is 0 Å². The molecule has 1 aliphatic carbocycles. The Hall–Kier alpha value is -2.47. The van der Waals surface area contributed by atoms with Crippen LogP contribution in [0.4, 0.5) is 0 Å². The van der Waals surface area contributed by atoms with Crippen molar-refractivity contribution in [3.63, 3.8) is 0 Å². The van der Waals surface area contributed by atoms with Crippen molar-refractivity contribution in [1.29, 1.82) is 0 Å². The maximum Gasteiger partial charge on any atom is 0.271 e. The zero-order chi connectivity index (χ0) is 17.9. The first kappa shape index (κ1) is 17.0. The molecule has 2 aromatic rings. The second-order valence-corrected chi connectivity index (χ2v) is 7.07. The molecule has 26 heavy (non-hydrogen) atoms. The van der Waals surface area contributed by atoms with Gasteiger partial charge in [0.05, 0.1) is 12.4 Å². The summed E-state index contributed by atoms with van der Waals surface area (Å²) in [5.41, 5.74) is 2.96. The van der Waals surface area contributed by atoms with Crippen LogP contribution in [0, 0.1) is 5.92 Å². The number of carbonyl (C=O) groups is 1. The van der Waals surface area contributed by atoms with E-state index < -0.39 is 0 Å². The van der Waals surface area contributed by atoms with E-state index in [1.807, 2.05) is 6.07 Å². The van der Waals surface area contributed by atoms with Gasteiger partial charge in [0, 0.05) is 19.6 Å². The number of rotatable bonds is 4. The summed E-state index contributed by atoms with van der Waals surface area (Å²) in [5.74, 6) is 1.74. The quantitative estimate of drug-likeness (QED) is 0.885. The fourth-order valence-corrected chi connectivity index (χ4v) is 3.70. The Morgan fingerprint density at radius 2 is 2.08 bits per heavy atom. The largest absolute Gasteiger partial charge is 0.437 e. The lowest BCUT2D eigenvalue weighted by molar-refractivity contribution is 0.0957. The molecule has 1 aromatic heterocycles. The van der Waals surface area contributed by atoms with E-state index in [4.69, 9.17) is 4.74 Å². The average molecular weight is 352 g/mol. The first-order valence-corrected chi connectivity index (χ1v) is 9.30. The van der Waals surface area contributed by atoms with Crippen LogP contribution in [-0.4, -0.2) is 29.0 Å². The molecule has 1 fully saturated rings. The molecule has 0 saturated heterocycles. The minimum absolute atomic E-state index is 0.261. The molecule has 1 unspecified atom stereocenters. The number of nitrogens with one attached hydrogen (secondary N) is 2. The molecule has 2 aliphatic rings. The lowest BCUT2D eigenvalue weighted by Crippen LogP contribution is -2.38. The third-order valence-electron chi connectivity index (χ3n) is 5.49. The Morgan fingerprint density at radius 1 is 1.19 bits per heavy atom. The lowest BCUT2D eigenvalue weighted by atomic mass is 9.78. The van der Waals surface area contributed by atoms with E-state index in [0.717, 1.165) is 24.6 Å². The monoisotopic (exact) mass is 352 g/mol. The van der Waals surface area contributed by atoms with Crippen LogP contribution in [0.15, 0.2) is 30.6 Å². The van der Waals surface area contributed by atoms with Crippen LogP contribution in [0.5, 0.6) is 11.6 Å². The van der Waals surface area contributed by atoms with Gasteiger partial charge in [0.15, 0.2) is 0 Å². The van der Waals surface area contributed by atoms with Crippen LogP contribution in [0.25, 0.3) is 0 Å². The van der Waals surface area contributed by atoms with Gasteiger partial charge in [0.2, 0.25) is 5.88 Å². The summed E-state index contributed by atoms with van der Waals surface area (Å²) < 4.78 is 5.83. The molecule has 0 bridgehead atoms. The highest BCUT2D eigenvalue weighted by atomic mass is 16.5. The van der Waals surface area contributed by atoms with Crippen molar-refractivity contribution in [1.82, 2.24) is 20.6 Å². The molecule has 6 heteroatoms. The molecule has 2 N–H and O–H groups in total. The summed E-state index contributed by atoms with van der Waals surface area (Å²) in [6, 6.07) is 6.85. The van der Waals surface area contributed by atoms with Gasteiger partial charge < -0.3 is 15.4 Å². The maximum absolute atomic E-state index is 11.5. The molecule has 0 radical (unpaired) electrons. The van der Waals surface area contributed by atoms with E-state index in [9.17, 15) is 4.79 Å². The highest BCUT2D eigenvalue weighted by molar-refractivity contribution is 5.91. The first-order valence-electron chi connectivity index (χ1n) is 9.30. The van der Waals surface area contributed by atoms with Crippen molar-refractivity contribution in [2.75, 3.05) is 7.05 Å². The van der Waals surface area contributed by atoms with E-state index >= 15 is 0 Å². The van der Waals surface area contributed by atoms with Crippen molar-refractivity contribution in [2.24, 2.45) is 5.92 Å². The van der Waals surface area contributed by atoms with Gasteiger partial charge in [-0.1, -0.05) is 12.5 Å². The molecule has 4 rings (SSSR count). The van der Waals surface area contributed by atoms with E-state index in [-0.39, 0.29) is 11.6 Å². The molecule has 1 saturated carbocycles. The summed E-state index contributed by atoms with van der Waals surface area (Å²) >= 11 is 0. The Balaban J connectivity index is 1.44. The van der Waals surface area contributed by atoms with Gasteiger partial charge in [0.25, 0.3) is 5.91 Å². The second kappa shape index (κ2) is 7.41. The maximum atomic E-state index is 11.5. The molecular formula is C20H24N4O2. The number of ether oxygens (including phenoxy) is 1. The van der Waals surface area contributed by atoms with Crippen molar-refractivity contribution < 1.29 is 9.53 Å². The summed E-state index contributed by atoms with van der Waals surface area (Å²) in [6.07, 6.45) is 9.27. The number of hydrogen-bond donors (Lipinski definition) is 2. The molecule has 0 spiro atoms. The van der Waals surface area contributed by atoms with Crippen molar-refractivity contribution >= 4 is 5.91 Å². The van der Waals surface area contributed by atoms with Gasteiger partial charge in [0.1, 0.15) is 11.4 Å². The smallest absolute Gasteiger partial charge is 0.271 e. The van der Waals surface area contributed by atoms with Crippen molar-refractivity contribution in [2.45, 2.75) is 44.7 Å². The van der Waals surface area contributed by atoms with Crippen LogP contribution in [0.1, 0.15) is 47.3 Å². The van der Waals surface area contributed by atoms with E-state index in [0.29, 0.717) is 11.9 Å². The van der Waals surface area contributed by atoms with Gasteiger partial charge in [-0.15, -0.1) is 0 Å². The average Bonchev–Trinajstić information content (AvgIpc) is 2.83. The highest BCUT2D eigenvalue weighted by Gasteiger charge is 2.28. The number of nitrogens with zero attached hydrogens (tertiary/aromatic N) is 2. The number of carbonyl (C=O) groups excluding carboxylic acids is 1. The highest BCUT2D eigenvalue weighted by Crippen LogP contribution is 2.34. The summed E-state index contributed by atoms with van der Waals surface area (Å²) in [7, 11) is 1.56. The number of amides is 1. The van der Waals surface area contributed by atoms with Crippen molar-refractivity contribution in [3.8, 4) is 11.6 Å². The summed E-state index contributed by atoms with van der Waals surface area (Å²) in [6.45, 7) is 0.928. The van der Waals surface area contributed by atoms with E-state index in [1.165, 1.54) is 49.2 Å². The van der Waals surface area contributed by atoms with Crippen molar-refractivity contribution in [3.05, 3.63) is 47.4 Å². The van der Waals surface area contributed by atoms with Gasteiger partial charge in [-0.3, -0.25) is 4.79 Å². The van der Waals surface area contributed by atoms with E-state index in [1.54, 1.807) is 7.05 Å². The molecule has 136 valence electrons. The minimum Gasteiger partial charge on any atom is -0.437 e. The summed E-state index contributed by atoms with van der Waals surface area (Å²) in [5, 5.41) is 6.25.